The highest BCUT2D eigenvalue weighted by atomic mass is 19.1. The Kier molecular flexibility index (Phi) is 4.06. The summed E-state index contributed by atoms with van der Waals surface area (Å²) >= 11 is 0. The molecule has 2 heterocycles. The summed E-state index contributed by atoms with van der Waals surface area (Å²) in [5, 5.41) is 6.50. The summed E-state index contributed by atoms with van der Waals surface area (Å²) in [6, 6.07) is 6.21. The van der Waals surface area contributed by atoms with E-state index in [9.17, 15) is 9.18 Å². The molecule has 0 spiro atoms. The van der Waals surface area contributed by atoms with Crippen LogP contribution in [0.2, 0.25) is 0 Å². The van der Waals surface area contributed by atoms with E-state index in [4.69, 9.17) is 4.74 Å². The first kappa shape index (κ1) is 15.3. The highest BCUT2D eigenvalue weighted by Crippen LogP contribution is 2.39. The largest absolute Gasteiger partial charge is 0.490 e. The summed E-state index contributed by atoms with van der Waals surface area (Å²) in [7, 11) is 0. The van der Waals surface area contributed by atoms with E-state index in [-0.39, 0.29) is 17.7 Å². The maximum absolute atomic E-state index is 12.9. The van der Waals surface area contributed by atoms with Crippen LogP contribution in [0.1, 0.15) is 23.2 Å². The molecule has 1 saturated carbocycles. The molecule has 1 saturated heterocycles. The van der Waals surface area contributed by atoms with Crippen molar-refractivity contribution in [2.45, 2.75) is 18.9 Å². The van der Waals surface area contributed by atoms with Crippen LogP contribution in [0, 0.1) is 17.7 Å². The molecule has 126 valence electrons. The zero-order chi connectivity index (χ0) is 16.5. The second-order valence-corrected chi connectivity index (χ2v) is 6.79. The number of aromatic amines is 1. The number of likely N-dealkylation sites (tertiary alicyclic amines) is 1. The predicted molar refractivity (Wildman–Crippen MR) is 86.4 cm³/mol. The second-order valence-electron chi connectivity index (χ2n) is 6.79. The summed E-state index contributed by atoms with van der Waals surface area (Å²) in [4.78, 5) is 14.4. The van der Waals surface area contributed by atoms with E-state index in [1.165, 1.54) is 12.1 Å². The minimum absolute atomic E-state index is 0.114. The lowest BCUT2D eigenvalue weighted by Crippen LogP contribution is -2.29. The molecule has 5 nitrogen and oxygen atoms in total. The number of H-pyrrole nitrogens is 1. The number of aromatic nitrogens is 2. The number of carbonyl (C=O) groups is 1. The lowest BCUT2D eigenvalue weighted by atomic mass is 10.0. The first-order valence-electron chi connectivity index (χ1n) is 8.34. The number of hydrogen-bond donors (Lipinski definition) is 1. The van der Waals surface area contributed by atoms with E-state index in [2.05, 4.69) is 15.1 Å². The molecule has 0 amide bonds. The van der Waals surface area contributed by atoms with Gasteiger partial charge in [-0.25, -0.2) is 4.39 Å². The molecule has 2 aliphatic rings. The van der Waals surface area contributed by atoms with Gasteiger partial charge < -0.3 is 4.74 Å². The maximum Gasteiger partial charge on any atom is 0.179 e. The van der Waals surface area contributed by atoms with Crippen molar-refractivity contribution in [3.05, 3.63) is 48.0 Å². The monoisotopic (exact) mass is 329 g/mol. The molecule has 0 bridgehead atoms. The van der Waals surface area contributed by atoms with Crippen LogP contribution in [0.4, 0.5) is 4.39 Å². The van der Waals surface area contributed by atoms with Crippen molar-refractivity contribution in [2.24, 2.45) is 11.8 Å². The Morgan fingerprint density at radius 3 is 2.58 bits per heavy atom. The van der Waals surface area contributed by atoms with Gasteiger partial charge in [0.05, 0.1) is 24.4 Å². The Bertz CT molecular complexity index is 688. The van der Waals surface area contributed by atoms with Crippen LogP contribution in [0.15, 0.2) is 36.7 Å². The number of nitrogens with zero attached hydrogens (tertiary/aromatic N) is 2. The van der Waals surface area contributed by atoms with Gasteiger partial charge >= 0.3 is 0 Å². The van der Waals surface area contributed by atoms with Crippen LogP contribution in [-0.2, 0) is 0 Å². The smallest absolute Gasteiger partial charge is 0.179 e. The summed E-state index contributed by atoms with van der Waals surface area (Å²) in [6.07, 6.45) is 5.41. The number of ketones is 1. The molecule has 2 fully saturated rings. The number of rotatable bonds is 5. The third-order valence-electron chi connectivity index (χ3n) is 5.09. The van der Waals surface area contributed by atoms with Gasteiger partial charge in [-0.2, -0.15) is 5.10 Å². The number of Topliss-reactive ketones (excluding diaryl/α,β-unsaturated/α-hetero) is 1. The SMILES string of the molecule is O=C(CN1CC2CC(Oc3ccc(F)cc3)CC2C1)c1cn[nH]c1. The van der Waals surface area contributed by atoms with Crippen molar-refractivity contribution in [1.82, 2.24) is 15.1 Å². The van der Waals surface area contributed by atoms with E-state index in [0.717, 1.165) is 31.7 Å². The fourth-order valence-corrected chi connectivity index (χ4v) is 3.97. The molecule has 1 aromatic carbocycles. The summed E-state index contributed by atoms with van der Waals surface area (Å²) in [5.74, 6) is 1.75. The van der Waals surface area contributed by atoms with Crippen LogP contribution in [0.5, 0.6) is 5.75 Å². The molecule has 2 unspecified atom stereocenters. The summed E-state index contributed by atoms with van der Waals surface area (Å²) < 4.78 is 18.9. The van der Waals surface area contributed by atoms with Gasteiger partial charge in [0.25, 0.3) is 0 Å². The molecule has 1 N–H and O–H groups in total. The molecule has 1 aliphatic carbocycles. The Morgan fingerprint density at radius 2 is 1.96 bits per heavy atom. The second kappa shape index (κ2) is 6.36. The number of carbonyl (C=O) groups excluding carboxylic acids is 1. The third-order valence-corrected chi connectivity index (χ3v) is 5.09. The van der Waals surface area contributed by atoms with Gasteiger partial charge in [0, 0.05) is 19.3 Å². The van der Waals surface area contributed by atoms with Crippen LogP contribution >= 0.6 is 0 Å². The fraction of sp³-hybridized carbons (Fsp3) is 0.444. The van der Waals surface area contributed by atoms with E-state index in [0.29, 0.717) is 23.9 Å². The van der Waals surface area contributed by atoms with Crippen LogP contribution in [0.25, 0.3) is 0 Å². The predicted octanol–water partition coefficient (Wildman–Crippen LogP) is 2.52. The Balaban J connectivity index is 1.29. The van der Waals surface area contributed by atoms with Gasteiger partial charge in [0.15, 0.2) is 5.78 Å². The van der Waals surface area contributed by atoms with Crippen LogP contribution in [0.3, 0.4) is 0 Å². The maximum atomic E-state index is 12.9. The van der Waals surface area contributed by atoms with Crippen molar-refractivity contribution in [1.29, 1.82) is 0 Å². The molecule has 4 rings (SSSR count). The van der Waals surface area contributed by atoms with E-state index in [1.54, 1.807) is 24.5 Å². The number of ether oxygens (including phenoxy) is 1. The normalized spacial score (nSPS) is 26.5. The highest BCUT2D eigenvalue weighted by Gasteiger charge is 2.42. The molecule has 0 radical (unpaired) electrons. The van der Waals surface area contributed by atoms with Gasteiger partial charge in [0.2, 0.25) is 0 Å². The first-order valence-corrected chi connectivity index (χ1v) is 8.34. The number of nitrogens with one attached hydrogen (secondary N) is 1. The zero-order valence-electron chi connectivity index (χ0n) is 13.3. The average Bonchev–Trinajstić information content (AvgIpc) is 3.25. The molecule has 1 aliphatic heterocycles. The third kappa shape index (κ3) is 3.19. The summed E-state index contributed by atoms with van der Waals surface area (Å²) in [5.41, 5.74) is 0.643. The minimum Gasteiger partial charge on any atom is -0.490 e. The Labute approximate surface area is 139 Å². The lowest BCUT2D eigenvalue weighted by molar-refractivity contribution is 0.0936. The van der Waals surface area contributed by atoms with Gasteiger partial charge in [-0.3, -0.25) is 14.8 Å². The standard InChI is InChI=1S/C18H20FN3O2/c19-15-1-3-16(4-2-15)24-17-5-12-9-22(10-13(12)6-17)11-18(23)14-7-20-21-8-14/h1-4,7-8,12-13,17H,5-6,9-11H2,(H,20,21). The van der Waals surface area contributed by atoms with E-state index in [1.807, 2.05) is 0 Å². The van der Waals surface area contributed by atoms with Crippen LogP contribution < -0.4 is 4.74 Å². The molecule has 1 aromatic heterocycles. The van der Waals surface area contributed by atoms with Crippen molar-refractivity contribution in [3.8, 4) is 5.75 Å². The average molecular weight is 329 g/mol. The first-order chi connectivity index (χ1) is 11.7. The van der Waals surface area contributed by atoms with Gasteiger partial charge in [-0.1, -0.05) is 0 Å². The minimum atomic E-state index is -0.247. The fourth-order valence-electron chi connectivity index (χ4n) is 3.97. The zero-order valence-corrected chi connectivity index (χ0v) is 13.3. The van der Waals surface area contributed by atoms with E-state index >= 15 is 0 Å². The van der Waals surface area contributed by atoms with E-state index < -0.39 is 0 Å². The van der Waals surface area contributed by atoms with Gasteiger partial charge in [0.1, 0.15) is 11.6 Å². The lowest BCUT2D eigenvalue weighted by Gasteiger charge is -2.19. The highest BCUT2D eigenvalue weighted by molar-refractivity contribution is 5.97. The quantitative estimate of drug-likeness (QED) is 0.857. The topological polar surface area (TPSA) is 58.2 Å². The molecular formula is C18H20FN3O2. The number of halogens is 1. The Morgan fingerprint density at radius 1 is 1.25 bits per heavy atom. The molecular weight excluding hydrogens is 309 g/mol. The summed E-state index contributed by atoms with van der Waals surface area (Å²) in [6.45, 7) is 2.34. The Hall–Kier alpha value is -2.21. The number of fused-ring (bicyclic) bond motifs is 1. The molecule has 2 atom stereocenters. The molecule has 2 aromatic rings. The van der Waals surface area contributed by atoms with Crippen molar-refractivity contribution >= 4 is 5.78 Å². The number of hydrogen-bond acceptors (Lipinski definition) is 4. The van der Waals surface area contributed by atoms with Crippen molar-refractivity contribution < 1.29 is 13.9 Å². The van der Waals surface area contributed by atoms with Crippen molar-refractivity contribution in [2.75, 3.05) is 19.6 Å². The van der Waals surface area contributed by atoms with Crippen molar-refractivity contribution in [3.63, 3.8) is 0 Å². The molecule has 6 heteroatoms. The van der Waals surface area contributed by atoms with Gasteiger partial charge in [-0.05, 0) is 48.9 Å². The van der Waals surface area contributed by atoms with Gasteiger partial charge in [-0.15, -0.1) is 0 Å². The van der Waals surface area contributed by atoms with Crippen LogP contribution in [-0.4, -0.2) is 46.6 Å². The number of benzene rings is 1. The molecule has 24 heavy (non-hydrogen) atoms.